The van der Waals surface area contributed by atoms with Crippen LogP contribution in [0.15, 0.2) is 53.4 Å². The number of carbonyl (C=O) groups excluding carboxylic acids is 1. The number of nitrogens with zero attached hydrogens (tertiary/aromatic N) is 3. The van der Waals surface area contributed by atoms with Crippen molar-refractivity contribution in [2.24, 2.45) is 0 Å². The van der Waals surface area contributed by atoms with E-state index in [1.165, 1.54) is 60.9 Å². The lowest BCUT2D eigenvalue weighted by atomic mass is 10.3. The van der Waals surface area contributed by atoms with Gasteiger partial charge in [-0.05, 0) is 36.4 Å². The summed E-state index contributed by atoms with van der Waals surface area (Å²) in [5.41, 5.74) is -0.246. The first-order valence-electron chi connectivity index (χ1n) is 11.1. The second kappa shape index (κ2) is 12.0. The van der Waals surface area contributed by atoms with Gasteiger partial charge in [-0.25, -0.2) is 17.1 Å². The third-order valence-corrected chi connectivity index (χ3v) is 8.99. The summed E-state index contributed by atoms with van der Waals surface area (Å²) < 4.78 is 78.6. The van der Waals surface area contributed by atoms with Crippen molar-refractivity contribution in [1.29, 1.82) is 0 Å². The number of carbonyl (C=O) groups is 1. The highest BCUT2D eigenvalue weighted by atomic mass is 32.2. The summed E-state index contributed by atoms with van der Waals surface area (Å²) in [6, 6.07) is 11.2. The fourth-order valence-corrected chi connectivity index (χ4v) is 5.81. The zero-order valence-electron chi connectivity index (χ0n) is 20.0. The molecule has 0 atom stereocenters. The molecule has 2 aromatic carbocycles. The van der Waals surface area contributed by atoms with Crippen LogP contribution in [-0.4, -0.2) is 91.4 Å². The van der Waals surface area contributed by atoms with E-state index in [1.54, 1.807) is 0 Å². The van der Waals surface area contributed by atoms with Gasteiger partial charge in [0.15, 0.2) is 0 Å². The molecule has 0 aromatic heterocycles. The third-order valence-electron chi connectivity index (χ3n) is 5.27. The van der Waals surface area contributed by atoms with Crippen molar-refractivity contribution in [2.45, 2.75) is 4.90 Å². The molecule has 11 nitrogen and oxygen atoms in total. The molecular weight excluding hydrogens is 515 g/mol. The van der Waals surface area contributed by atoms with E-state index in [-0.39, 0.29) is 23.7 Å². The van der Waals surface area contributed by atoms with E-state index in [9.17, 15) is 26.0 Å². The van der Waals surface area contributed by atoms with Crippen molar-refractivity contribution in [3.05, 3.63) is 54.3 Å². The molecule has 0 aliphatic carbocycles. The summed E-state index contributed by atoms with van der Waals surface area (Å²) in [5, 5.41) is 2.54. The van der Waals surface area contributed by atoms with Crippen LogP contribution in [-0.2, 0) is 29.8 Å². The largest absolute Gasteiger partial charge is 0.492 e. The molecule has 0 saturated carbocycles. The molecule has 0 spiro atoms. The minimum atomic E-state index is -4.13. The zero-order valence-corrected chi connectivity index (χ0v) is 21.6. The topological polar surface area (TPSA) is 126 Å². The molecule has 2 aromatic rings. The highest BCUT2D eigenvalue weighted by Crippen LogP contribution is 2.23. The van der Waals surface area contributed by atoms with Crippen molar-refractivity contribution < 1.29 is 35.5 Å². The lowest BCUT2D eigenvalue weighted by Crippen LogP contribution is -2.46. The first-order valence-corrected chi connectivity index (χ1v) is 13.9. The summed E-state index contributed by atoms with van der Waals surface area (Å²) in [5.74, 6) is -1.04. The average Bonchev–Trinajstić information content (AvgIpc) is 2.86. The number of nitrogens with one attached hydrogen (secondary N) is 1. The lowest BCUT2D eigenvalue weighted by molar-refractivity contribution is -0.119. The van der Waals surface area contributed by atoms with Crippen molar-refractivity contribution in [1.82, 2.24) is 13.9 Å². The molecule has 36 heavy (non-hydrogen) atoms. The maximum atomic E-state index is 14.3. The Bertz CT molecular complexity index is 1250. The normalized spacial score (nSPS) is 15.0. The van der Waals surface area contributed by atoms with Crippen LogP contribution in [0.5, 0.6) is 5.75 Å². The molecule has 1 N–H and O–H groups in total. The minimum absolute atomic E-state index is 0.0415. The summed E-state index contributed by atoms with van der Waals surface area (Å²) in [4.78, 5) is 12.6. The van der Waals surface area contributed by atoms with Gasteiger partial charge in [0.05, 0.1) is 30.3 Å². The van der Waals surface area contributed by atoms with Gasteiger partial charge >= 0.3 is 10.2 Å². The van der Waals surface area contributed by atoms with Gasteiger partial charge in [-0.1, -0.05) is 12.1 Å². The fraction of sp³-hybridized carbons (Fsp3) is 0.409. The smallest absolute Gasteiger partial charge is 0.304 e. The SMILES string of the molecule is CN(C)S(=O)(=O)N(CC(=O)NCCOc1ccc(S(=O)(=O)N2CCOCC2)cc1)c1ccccc1F. The van der Waals surface area contributed by atoms with Crippen LogP contribution in [0.4, 0.5) is 10.1 Å². The first kappa shape index (κ1) is 27.8. The first-order chi connectivity index (χ1) is 17.0. The van der Waals surface area contributed by atoms with Crippen LogP contribution < -0.4 is 14.4 Å². The Hall–Kier alpha value is -2.78. The summed E-state index contributed by atoms with van der Waals surface area (Å²) in [7, 11) is -5.18. The van der Waals surface area contributed by atoms with Crippen LogP contribution in [0.3, 0.4) is 0 Å². The number of anilines is 1. The molecule has 1 aliphatic rings. The van der Waals surface area contributed by atoms with Gasteiger partial charge in [-0.3, -0.25) is 4.79 Å². The quantitative estimate of drug-likeness (QED) is 0.412. The summed E-state index contributed by atoms with van der Waals surface area (Å²) in [6.45, 7) is 0.752. The van der Waals surface area contributed by atoms with Crippen molar-refractivity contribution >= 4 is 31.8 Å². The van der Waals surface area contributed by atoms with E-state index >= 15 is 0 Å². The Kier molecular flexibility index (Phi) is 9.24. The van der Waals surface area contributed by atoms with Gasteiger partial charge in [0.1, 0.15) is 24.7 Å². The van der Waals surface area contributed by atoms with Crippen molar-refractivity contribution in [2.75, 3.05) is 64.4 Å². The molecule has 0 radical (unpaired) electrons. The monoisotopic (exact) mass is 544 g/mol. The molecule has 1 amide bonds. The average molecular weight is 545 g/mol. The number of para-hydroxylation sites is 1. The Morgan fingerprint density at radius 1 is 1.06 bits per heavy atom. The van der Waals surface area contributed by atoms with Gasteiger partial charge in [-0.2, -0.15) is 17.0 Å². The van der Waals surface area contributed by atoms with E-state index in [0.717, 1.165) is 10.4 Å². The van der Waals surface area contributed by atoms with Crippen LogP contribution in [0.1, 0.15) is 0 Å². The molecule has 0 unspecified atom stereocenters. The number of sulfonamides is 1. The molecule has 3 rings (SSSR count). The Labute approximate surface area is 210 Å². The summed E-state index contributed by atoms with van der Waals surface area (Å²) >= 11 is 0. The highest BCUT2D eigenvalue weighted by molar-refractivity contribution is 7.90. The lowest BCUT2D eigenvalue weighted by Gasteiger charge is -2.27. The molecule has 1 aliphatic heterocycles. The predicted octanol–water partition coefficient (Wildman–Crippen LogP) is 0.655. The molecular formula is C22H29FN4O7S2. The minimum Gasteiger partial charge on any atom is -0.492 e. The molecule has 198 valence electrons. The fourth-order valence-electron chi connectivity index (χ4n) is 3.33. The zero-order chi connectivity index (χ0) is 26.3. The van der Waals surface area contributed by atoms with Crippen LogP contribution in [0.25, 0.3) is 0 Å². The van der Waals surface area contributed by atoms with Gasteiger partial charge in [0, 0.05) is 27.2 Å². The number of amides is 1. The Morgan fingerprint density at radius 2 is 1.69 bits per heavy atom. The number of morpholine rings is 1. The second-order valence-corrected chi connectivity index (χ2v) is 11.9. The number of halogens is 1. The van der Waals surface area contributed by atoms with Crippen LogP contribution >= 0.6 is 0 Å². The van der Waals surface area contributed by atoms with E-state index in [4.69, 9.17) is 9.47 Å². The van der Waals surface area contributed by atoms with Gasteiger partial charge in [-0.15, -0.1) is 0 Å². The van der Waals surface area contributed by atoms with Crippen LogP contribution in [0.2, 0.25) is 0 Å². The van der Waals surface area contributed by atoms with E-state index in [1.807, 2.05) is 0 Å². The highest BCUT2D eigenvalue weighted by Gasteiger charge is 2.29. The number of rotatable bonds is 11. The molecule has 1 saturated heterocycles. The maximum absolute atomic E-state index is 14.3. The standard InChI is InChI=1S/C22H29FN4O7S2/c1-25(2)36(31,32)27(21-6-4-3-5-20(21)23)17-22(28)24-11-14-34-18-7-9-19(10-8-18)35(29,30)26-12-15-33-16-13-26/h3-10H,11-17H2,1-2H3,(H,24,28). The van der Waals surface area contributed by atoms with Gasteiger partial charge in [0.2, 0.25) is 15.9 Å². The van der Waals surface area contributed by atoms with Crippen molar-refractivity contribution in [3.8, 4) is 5.75 Å². The van der Waals surface area contributed by atoms with E-state index in [2.05, 4.69) is 5.32 Å². The molecule has 0 bridgehead atoms. The molecule has 1 fully saturated rings. The van der Waals surface area contributed by atoms with Gasteiger partial charge in [0.25, 0.3) is 0 Å². The third kappa shape index (κ3) is 6.70. The second-order valence-electron chi connectivity index (χ2n) is 7.93. The van der Waals surface area contributed by atoms with E-state index < -0.39 is 38.5 Å². The number of hydrogen-bond donors (Lipinski definition) is 1. The number of benzene rings is 2. The summed E-state index contributed by atoms with van der Waals surface area (Å²) in [6.07, 6.45) is 0. The molecule has 1 heterocycles. The molecule has 14 heteroatoms. The van der Waals surface area contributed by atoms with Crippen molar-refractivity contribution in [3.63, 3.8) is 0 Å². The van der Waals surface area contributed by atoms with Crippen LogP contribution in [0, 0.1) is 5.82 Å². The number of hydrogen-bond acceptors (Lipinski definition) is 7. The Morgan fingerprint density at radius 3 is 2.31 bits per heavy atom. The van der Waals surface area contributed by atoms with E-state index in [0.29, 0.717) is 36.4 Å². The maximum Gasteiger partial charge on any atom is 0.304 e. The Balaban J connectivity index is 1.54. The number of ether oxygens (including phenoxy) is 2. The van der Waals surface area contributed by atoms with Gasteiger partial charge < -0.3 is 14.8 Å². The predicted molar refractivity (Wildman–Crippen MR) is 131 cm³/mol.